The third kappa shape index (κ3) is 2.17. The van der Waals surface area contributed by atoms with Crippen molar-refractivity contribution in [2.75, 3.05) is 6.61 Å². The highest BCUT2D eigenvalue weighted by Crippen LogP contribution is 2.37. The predicted octanol–water partition coefficient (Wildman–Crippen LogP) is 2.43. The van der Waals surface area contributed by atoms with Crippen LogP contribution in [-0.2, 0) is 21.6 Å². The fraction of sp³-hybridized carbons (Fsp3) is 0.462. The number of carbonyl (C=O) groups excluding carboxylic acids is 1. The van der Waals surface area contributed by atoms with Crippen LogP contribution >= 0.6 is 11.6 Å². The summed E-state index contributed by atoms with van der Waals surface area (Å²) in [5.41, 5.74) is 0.0278. The minimum Gasteiger partial charge on any atom is -0.464 e. The van der Waals surface area contributed by atoms with Crippen LogP contribution in [0.15, 0.2) is 18.2 Å². The maximum Gasteiger partial charge on any atom is 0.342 e. The number of hydrogen-bond acceptors (Lipinski definition) is 3. The third-order valence-electron chi connectivity index (χ3n) is 3.12. The molecule has 0 aliphatic heterocycles. The van der Waals surface area contributed by atoms with Crippen LogP contribution in [0.3, 0.4) is 0 Å². The molecule has 0 saturated heterocycles. The zero-order chi connectivity index (χ0) is 12.5. The van der Waals surface area contributed by atoms with Gasteiger partial charge in [-0.3, -0.25) is 0 Å². The van der Waals surface area contributed by atoms with Gasteiger partial charge in [0.05, 0.1) is 6.61 Å². The molecule has 0 fully saturated rings. The van der Waals surface area contributed by atoms with Crippen molar-refractivity contribution in [3.63, 3.8) is 0 Å². The van der Waals surface area contributed by atoms with Crippen molar-refractivity contribution in [1.29, 1.82) is 0 Å². The lowest BCUT2D eigenvalue weighted by Crippen LogP contribution is -2.40. The fourth-order valence-electron chi connectivity index (χ4n) is 2.28. The molecule has 1 unspecified atom stereocenters. The van der Waals surface area contributed by atoms with Crippen LogP contribution in [0.1, 0.15) is 30.9 Å². The molecule has 92 valence electrons. The van der Waals surface area contributed by atoms with Crippen LogP contribution in [0.4, 0.5) is 0 Å². The summed E-state index contributed by atoms with van der Waals surface area (Å²) in [5, 5.41) is 11.0. The zero-order valence-electron chi connectivity index (χ0n) is 9.70. The van der Waals surface area contributed by atoms with Crippen LogP contribution in [0.25, 0.3) is 0 Å². The maximum atomic E-state index is 11.9. The van der Waals surface area contributed by atoms with Gasteiger partial charge < -0.3 is 9.84 Å². The highest BCUT2D eigenvalue weighted by Gasteiger charge is 2.42. The summed E-state index contributed by atoms with van der Waals surface area (Å²) < 4.78 is 4.95. The van der Waals surface area contributed by atoms with Crippen LogP contribution < -0.4 is 0 Å². The van der Waals surface area contributed by atoms with Crippen molar-refractivity contribution in [3.8, 4) is 0 Å². The first kappa shape index (κ1) is 12.4. The Bertz CT molecular complexity index is 444. The second-order valence-corrected chi connectivity index (χ2v) is 4.67. The molecule has 2 rings (SSSR count). The van der Waals surface area contributed by atoms with Gasteiger partial charge in [0.25, 0.3) is 0 Å². The molecule has 1 atom stereocenters. The summed E-state index contributed by atoms with van der Waals surface area (Å²) in [7, 11) is 0. The Kier molecular flexibility index (Phi) is 3.40. The normalized spacial score (nSPS) is 23.0. The molecule has 1 aliphatic rings. The molecule has 1 N–H and O–H groups in total. The average molecular weight is 255 g/mol. The van der Waals surface area contributed by atoms with Gasteiger partial charge in [-0.2, -0.15) is 0 Å². The predicted molar refractivity (Wildman–Crippen MR) is 64.9 cm³/mol. The van der Waals surface area contributed by atoms with Gasteiger partial charge in [0.2, 0.25) is 0 Å². The first-order valence-corrected chi connectivity index (χ1v) is 6.14. The minimum atomic E-state index is -1.53. The molecule has 1 aliphatic carbocycles. The number of carbonyl (C=O) groups is 1. The third-order valence-corrected chi connectivity index (χ3v) is 3.35. The van der Waals surface area contributed by atoms with E-state index in [-0.39, 0.29) is 6.61 Å². The molecule has 0 heterocycles. The van der Waals surface area contributed by atoms with Crippen LogP contribution in [0, 0.1) is 0 Å². The van der Waals surface area contributed by atoms with E-state index < -0.39 is 11.6 Å². The summed E-state index contributed by atoms with van der Waals surface area (Å²) in [6.45, 7) is 1.99. The summed E-state index contributed by atoms with van der Waals surface area (Å²) in [4.78, 5) is 11.9. The SMILES string of the molecule is CCOC(=O)C1(O)CCCc2ccc(Cl)cc21. The summed E-state index contributed by atoms with van der Waals surface area (Å²) in [5.74, 6) is -0.580. The van der Waals surface area contributed by atoms with Crippen LogP contribution in [-0.4, -0.2) is 17.7 Å². The highest BCUT2D eigenvalue weighted by molar-refractivity contribution is 6.30. The number of aryl methyl sites for hydroxylation is 1. The molecule has 4 heteroatoms. The topological polar surface area (TPSA) is 46.5 Å². The number of hydrogen-bond donors (Lipinski definition) is 1. The van der Waals surface area contributed by atoms with Crippen LogP contribution in [0.2, 0.25) is 5.02 Å². The van der Waals surface area contributed by atoms with Gasteiger partial charge in [0.1, 0.15) is 0 Å². The molecule has 0 radical (unpaired) electrons. The van der Waals surface area contributed by atoms with E-state index in [9.17, 15) is 9.90 Å². The molecular weight excluding hydrogens is 240 g/mol. The van der Waals surface area contributed by atoms with Crippen molar-refractivity contribution in [3.05, 3.63) is 34.3 Å². The number of aliphatic hydroxyl groups is 1. The van der Waals surface area contributed by atoms with Crippen molar-refractivity contribution >= 4 is 17.6 Å². The summed E-state index contributed by atoms with van der Waals surface area (Å²) in [6.07, 6.45) is 2.01. The molecule has 1 aromatic carbocycles. The monoisotopic (exact) mass is 254 g/mol. The molecule has 0 bridgehead atoms. The minimum absolute atomic E-state index is 0.261. The Balaban J connectivity index is 2.45. The van der Waals surface area contributed by atoms with Gasteiger partial charge in [-0.25, -0.2) is 4.79 Å². The van der Waals surface area contributed by atoms with Gasteiger partial charge >= 0.3 is 5.97 Å². The van der Waals surface area contributed by atoms with E-state index in [1.54, 1.807) is 19.1 Å². The Hall–Kier alpha value is -1.06. The Labute approximate surface area is 105 Å². The molecule has 0 aromatic heterocycles. The average Bonchev–Trinajstić information content (AvgIpc) is 2.31. The van der Waals surface area contributed by atoms with E-state index in [4.69, 9.17) is 16.3 Å². The Morgan fingerprint density at radius 3 is 3.06 bits per heavy atom. The van der Waals surface area contributed by atoms with E-state index in [0.29, 0.717) is 17.0 Å². The standard InChI is InChI=1S/C13H15ClO3/c1-2-17-12(15)13(16)7-3-4-9-5-6-10(14)8-11(9)13/h5-6,8,16H,2-4,7H2,1H3. The maximum absolute atomic E-state index is 11.9. The number of ether oxygens (including phenoxy) is 1. The number of halogens is 1. The van der Waals surface area contributed by atoms with Gasteiger partial charge in [-0.1, -0.05) is 17.7 Å². The zero-order valence-corrected chi connectivity index (χ0v) is 10.5. The van der Waals surface area contributed by atoms with Gasteiger partial charge in [0, 0.05) is 5.02 Å². The second-order valence-electron chi connectivity index (χ2n) is 4.24. The second kappa shape index (κ2) is 4.67. The lowest BCUT2D eigenvalue weighted by atomic mass is 9.79. The molecule has 0 amide bonds. The first-order valence-electron chi connectivity index (χ1n) is 5.76. The number of esters is 1. The fourth-order valence-corrected chi connectivity index (χ4v) is 2.46. The molecule has 0 spiro atoms. The largest absolute Gasteiger partial charge is 0.464 e. The number of fused-ring (bicyclic) bond motifs is 1. The van der Waals surface area contributed by atoms with Gasteiger partial charge in [-0.05, 0) is 49.4 Å². The summed E-state index contributed by atoms with van der Waals surface area (Å²) in [6, 6.07) is 5.30. The quantitative estimate of drug-likeness (QED) is 0.825. The van der Waals surface area contributed by atoms with Crippen LogP contribution in [0.5, 0.6) is 0 Å². The van der Waals surface area contributed by atoms with Gasteiger partial charge in [-0.15, -0.1) is 0 Å². The number of rotatable bonds is 2. The van der Waals surface area contributed by atoms with Gasteiger partial charge in [0.15, 0.2) is 5.60 Å². The molecule has 0 saturated carbocycles. The molecular formula is C13H15ClO3. The Morgan fingerprint density at radius 1 is 1.59 bits per heavy atom. The summed E-state index contributed by atoms with van der Waals surface area (Å²) >= 11 is 5.92. The lowest BCUT2D eigenvalue weighted by molar-refractivity contribution is -0.168. The highest BCUT2D eigenvalue weighted by atomic mass is 35.5. The smallest absolute Gasteiger partial charge is 0.342 e. The van der Waals surface area contributed by atoms with Crippen molar-refractivity contribution < 1.29 is 14.6 Å². The van der Waals surface area contributed by atoms with E-state index in [0.717, 1.165) is 18.4 Å². The first-order chi connectivity index (χ1) is 8.08. The van der Waals surface area contributed by atoms with Crippen molar-refractivity contribution in [2.24, 2.45) is 0 Å². The van der Waals surface area contributed by atoms with E-state index in [1.165, 1.54) is 0 Å². The van der Waals surface area contributed by atoms with E-state index in [2.05, 4.69) is 0 Å². The van der Waals surface area contributed by atoms with E-state index >= 15 is 0 Å². The Morgan fingerprint density at radius 2 is 2.35 bits per heavy atom. The molecule has 17 heavy (non-hydrogen) atoms. The van der Waals surface area contributed by atoms with Crippen molar-refractivity contribution in [2.45, 2.75) is 31.8 Å². The number of benzene rings is 1. The lowest BCUT2D eigenvalue weighted by Gasteiger charge is -2.32. The van der Waals surface area contributed by atoms with Crippen molar-refractivity contribution in [1.82, 2.24) is 0 Å². The molecule has 1 aromatic rings. The van der Waals surface area contributed by atoms with E-state index in [1.807, 2.05) is 6.07 Å². The molecule has 3 nitrogen and oxygen atoms in total.